The Bertz CT molecular complexity index is 147. The lowest BCUT2D eigenvalue weighted by Crippen LogP contribution is -2.28. The molecule has 1 atom stereocenters. The van der Waals surface area contributed by atoms with Crippen molar-refractivity contribution in [3.63, 3.8) is 0 Å². The molecule has 0 aliphatic carbocycles. The van der Waals surface area contributed by atoms with Crippen LogP contribution in [0, 0.1) is 0 Å². The predicted octanol–water partition coefficient (Wildman–Crippen LogP) is 2.08. The van der Waals surface area contributed by atoms with Gasteiger partial charge in [0.2, 0.25) is 0 Å². The summed E-state index contributed by atoms with van der Waals surface area (Å²) in [7, 11) is 1.52. The van der Waals surface area contributed by atoms with Crippen molar-refractivity contribution in [3.05, 3.63) is 0 Å². The van der Waals surface area contributed by atoms with Gasteiger partial charge in [-0.25, -0.2) is 0 Å². The van der Waals surface area contributed by atoms with Crippen LogP contribution in [0.15, 0.2) is 0 Å². The zero-order valence-corrected chi connectivity index (χ0v) is 9.31. The van der Waals surface area contributed by atoms with Crippen LogP contribution >= 0.6 is 23.4 Å². The van der Waals surface area contributed by atoms with E-state index in [2.05, 4.69) is 5.32 Å². The monoisotopic (exact) mass is 251 g/mol. The summed E-state index contributed by atoms with van der Waals surface area (Å²) in [5.41, 5.74) is -4.14. The molecular formula is C7H13ClF3NOS. The van der Waals surface area contributed by atoms with Crippen molar-refractivity contribution in [2.75, 3.05) is 32.6 Å². The van der Waals surface area contributed by atoms with Gasteiger partial charge in [0.05, 0.1) is 12.0 Å². The summed E-state index contributed by atoms with van der Waals surface area (Å²) < 4.78 is 39.7. The van der Waals surface area contributed by atoms with Gasteiger partial charge in [-0.05, 0) is 11.8 Å². The highest BCUT2D eigenvalue weighted by molar-refractivity contribution is 8.00. The highest BCUT2D eigenvalue weighted by Gasteiger charge is 2.27. The first-order valence-electron chi connectivity index (χ1n) is 4.00. The lowest BCUT2D eigenvalue weighted by atomic mass is 10.4. The van der Waals surface area contributed by atoms with Gasteiger partial charge < -0.3 is 10.1 Å². The number of hydrogen-bond acceptors (Lipinski definition) is 3. The largest absolute Gasteiger partial charge is 0.441 e. The quantitative estimate of drug-likeness (QED) is 0.553. The zero-order valence-electron chi connectivity index (χ0n) is 7.73. The van der Waals surface area contributed by atoms with Gasteiger partial charge in [0.1, 0.15) is 0 Å². The van der Waals surface area contributed by atoms with Crippen molar-refractivity contribution in [2.45, 2.75) is 10.9 Å². The fourth-order valence-corrected chi connectivity index (χ4v) is 1.45. The minimum Gasteiger partial charge on any atom is -0.383 e. The van der Waals surface area contributed by atoms with Crippen molar-refractivity contribution < 1.29 is 17.9 Å². The van der Waals surface area contributed by atoms with E-state index in [0.717, 1.165) is 0 Å². The van der Waals surface area contributed by atoms with Crippen LogP contribution in [0.1, 0.15) is 0 Å². The average molecular weight is 252 g/mol. The zero-order chi connectivity index (χ0) is 11.0. The Morgan fingerprint density at radius 3 is 2.64 bits per heavy atom. The van der Waals surface area contributed by atoms with Crippen LogP contribution in [0.2, 0.25) is 0 Å². The van der Waals surface area contributed by atoms with Crippen LogP contribution in [-0.4, -0.2) is 43.4 Å². The van der Waals surface area contributed by atoms with Crippen LogP contribution in [-0.2, 0) is 4.74 Å². The number of alkyl halides is 4. The van der Waals surface area contributed by atoms with E-state index in [4.69, 9.17) is 16.3 Å². The molecule has 0 aliphatic rings. The molecule has 0 aromatic heterocycles. The Kier molecular flexibility index (Phi) is 7.81. The summed E-state index contributed by atoms with van der Waals surface area (Å²) in [6.45, 7) is 1.13. The third-order valence-corrected chi connectivity index (χ3v) is 2.27. The van der Waals surface area contributed by atoms with Gasteiger partial charge in [0.25, 0.3) is 0 Å². The van der Waals surface area contributed by atoms with E-state index in [-0.39, 0.29) is 29.4 Å². The molecule has 0 aromatic carbocycles. The molecule has 1 unspecified atom stereocenters. The van der Waals surface area contributed by atoms with E-state index in [1.54, 1.807) is 0 Å². The first kappa shape index (κ1) is 14.3. The van der Waals surface area contributed by atoms with Gasteiger partial charge in [0.15, 0.2) is 0 Å². The summed E-state index contributed by atoms with van der Waals surface area (Å²) >= 11 is 5.70. The fraction of sp³-hybridized carbons (Fsp3) is 1.00. The second-order valence-corrected chi connectivity index (χ2v) is 4.33. The number of hydrogen-bond donors (Lipinski definition) is 1. The van der Waals surface area contributed by atoms with Crippen molar-refractivity contribution in [3.8, 4) is 0 Å². The summed E-state index contributed by atoms with van der Waals surface area (Å²) in [6, 6.07) is 0. The molecule has 2 nitrogen and oxygen atoms in total. The van der Waals surface area contributed by atoms with E-state index >= 15 is 0 Å². The SMILES string of the molecule is COCC(Cl)CNCCSC(F)(F)F. The highest BCUT2D eigenvalue weighted by atomic mass is 35.5. The Morgan fingerprint density at radius 1 is 1.50 bits per heavy atom. The number of nitrogens with one attached hydrogen (secondary N) is 1. The molecule has 86 valence electrons. The topological polar surface area (TPSA) is 21.3 Å². The molecule has 0 fully saturated rings. The summed E-state index contributed by atoms with van der Waals surface area (Å²) in [5, 5.41) is 2.61. The molecule has 0 radical (unpaired) electrons. The molecule has 0 spiro atoms. The molecule has 14 heavy (non-hydrogen) atoms. The molecule has 1 N–H and O–H groups in total. The Labute approximate surface area is 90.5 Å². The Hall–Kier alpha value is 0.350. The van der Waals surface area contributed by atoms with E-state index < -0.39 is 5.51 Å². The van der Waals surface area contributed by atoms with Crippen LogP contribution in [0.4, 0.5) is 13.2 Å². The molecule has 0 saturated heterocycles. The van der Waals surface area contributed by atoms with Gasteiger partial charge >= 0.3 is 5.51 Å². The molecule has 7 heteroatoms. The first-order valence-corrected chi connectivity index (χ1v) is 5.42. The number of methoxy groups -OCH3 is 1. The van der Waals surface area contributed by atoms with Gasteiger partial charge in [0, 0.05) is 26.0 Å². The van der Waals surface area contributed by atoms with Crippen LogP contribution in [0.25, 0.3) is 0 Å². The number of ether oxygens (including phenoxy) is 1. The Balaban J connectivity index is 3.21. The Morgan fingerprint density at radius 2 is 2.14 bits per heavy atom. The predicted molar refractivity (Wildman–Crippen MR) is 52.9 cm³/mol. The summed E-state index contributed by atoms with van der Waals surface area (Å²) in [4.78, 5) is 0. The third kappa shape index (κ3) is 10.4. The van der Waals surface area contributed by atoms with Crippen LogP contribution in [0.5, 0.6) is 0 Å². The number of thioether (sulfide) groups is 1. The van der Waals surface area contributed by atoms with E-state index in [0.29, 0.717) is 13.2 Å². The maximum absolute atomic E-state index is 11.7. The smallest absolute Gasteiger partial charge is 0.383 e. The molecular weight excluding hydrogens is 239 g/mol. The molecule has 0 rings (SSSR count). The minimum absolute atomic E-state index is 0.0000903. The van der Waals surface area contributed by atoms with Crippen molar-refractivity contribution in [2.24, 2.45) is 0 Å². The summed E-state index contributed by atoms with van der Waals surface area (Å²) in [6.07, 6.45) is 0. The molecule has 0 saturated carbocycles. The normalized spacial score (nSPS) is 14.4. The number of rotatable bonds is 7. The standard InChI is InChI=1S/C7H13ClF3NOS/c1-13-5-6(8)4-12-2-3-14-7(9,10)11/h6,12H,2-5H2,1H3. The van der Waals surface area contributed by atoms with Crippen molar-refractivity contribution in [1.29, 1.82) is 0 Å². The average Bonchev–Trinajstić information content (AvgIpc) is 2.02. The summed E-state index contributed by atoms with van der Waals surface area (Å²) in [5.74, 6) is 0.0000903. The van der Waals surface area contributed by atoms with Gasteiger partial charge in [-0.2, -0.15) is 13.2 Å². The molecule has 0 bridgehead atoms. The van der Waals surface area contributed by atoms with Gasteiger partial charge in [-0.1, -0.05) is 0 Å². The van der Waals surface area contributed by atoms with Crippen LogP contribution < -0.4 is 5.32 Å². The van der Waals surface area contributed by atoms with E-state index in [1.165, 1.54) is 7.11 Å². The second-order valence-electron chi connectivity index (χ2n) is 2.55. The third-order valence-electron chi connectivity index (χ3n) is 1.26. The lowest BCUT2D eigenvalue weighted by Gasteiger charge is -2.10. The van der Waals surface area contributed by atoms with Gasteiger partial charge in [-0.15, -0.1) is 11.6 Å². The fourth-order valence-electron chi connectivity index (χ4n) is 0.737. The number of halogens is 4. The van der Waals surface area contributed by atoms with E-state index in [1.807, 2.05) is 0 Å². The van der Waals surface area contributed by atoms with Gasteiger partial charge in [-0.3, -0.25) is 0 Å². The van der Waals surface area contributed by atoms with Crippen molar-refractivity contribution >= 4 is 23.4 Å². The highest BCUT2D eigenvalue weighted by Crippen LogP contribution is 2.29. The molecule has 0 aromatic rings. The minimum atomic E-state index is -4.14. The van der Waals surface area contributed by atoms with Crippen molar-refractivity contribution in [1.82, 2.24) is 5.32 Å². The molecule has 0 amide bonds. The second kappa shape index (κ2) is 7.62. The lowest BCUT2D eigenvalue weighted by molar-refractivity contribution is -0.0327. The first-order chi connectivity index (χ1) is 6.45. The van der Waals surface area contributed by atoms with Crippen LogP contribution in [0.3, 0.4) is 0 Å². The molecule has 0 heterocycles. The van der Waals surface area contributed by atoms with E-state index in [9.17, 15) is 13.2 Å². The molecule has 0 aliphatic heterocycles. The maximum Gasteiger partial charge on any atom is 0.441 e. The maximum atomic E-state index is 11.7.